The minimum Gasteiger partial charge on any atom is -0.444 e. The molecule has 0 N–H and O–H groups in total. The third-order valence-electron chi connectivity index (χ3n) is 7.70. The molecule has 5 heterocycles. The Morgan fingerprint density at radius 2 is 1.97 bits per heavy atom. The number of amides is 1. The summed E-state index contributed by atoms with van der Waals surface area (Å²) in [5.41, 5.74) is 2.48. The van der Waals surface area contributed by atoms with Crippen LogP contribution in [0.25, 0.3) is 21.6 Å². The molecule has 0 aliphatic carbocycles. The van der Waals surface area contributed by atoms with Gasteiger partial charge in [-0.1, -0.05) is 19.6 Å². The minimum atomic E-state index is -1.17. The van der Waals surface area contributed by atoms with Crippen LogP contribution in [-0.4, -0.2) is 71.0 Å². The third-order valence-corrected chi connectivity index (χ3v) is 10.3. The summed E-state index contributed by atoms with van der Waals surface area (Å²) in [7, 11) is -1.17. The lowest BCUT2D eigenvalue weighted by atomic mass is 9.78. The Kier molecular flexibility index (Phi) is 7.58. The van der Waals surface area contributed by atoms with E-state index >= 15 is 0 Å². The Bertz CT molecular complexity index is 1340. The number of rotatable bonds is 7. The Balaban J connectivity index is 1.47. The average Bonchev–Trinajstić information content (AvgIpc) is 3.43. The van der Waals surface area contributed by atoms with Crippen molar-refractivity contribution < 1.29 is 14.3 Å². The highest BCUT2D eigenvalue weighted by Crippen LogP contribution is 2.44. The molecular weight excluding hydrogens is 527 g/mol. The summed E-state index contributed by atoms with van der Waals surface area (Å²) in [6, 6.07) is 3.26. The highest BCUT2D eigenvalue weighted by atomic mass is 32.1. The largest absolute Gasteiger partial charge is 0.444 e. The maximum Gasteiger partial charge on any atom is 0.410 e. The second-order valence-electron chi connectivity index (χ2n) is 13.3. The molecule has 1 spiro atoms. The SMILES string of the molecule is Cc1cnc(-c2cn(COCC[Si](C)(C)C)c3nccc(N4CCCC5(CCN5C(=O)OC(C)(C)C)C4)c23)s1. The Morgan fingerprint density at radius 1 is 1.18 bits per heavy atom. The quantitative estimate of drug-likeness (QED) is 0.231. The lowest BCUT2D eigenvalue weighted by molar-refractivity contribution is -0.0495. The van der Waals surface area contributed by atoms with Crippen LogP contribution >= 0.6 is 11.3 Å². The second kappa shape index (κ2) is 10.5. The third kappa shape index (κ3) is 6.02. The normalized spacial score (nSPS) is 20.1. The highest BCUT2D eigenvalue weighted by molar-refractivity contribution is 7.15. The summed E-state index contributed by atoms with van der Waals surface area (Å²) in [6.45, 7) is 18.7. The number of nitrogens with zero attached hydrogens (tertiary/aromatic N) is 5. The van der Waals surface area contributed by atoms with Crippen molar-refractivity contribution >= 4 is 42.2 Å². The molecular formula is C29H43N5O3SSi. The summed E-state index contributed by atoms with van der Waals surface area (Å²) in [5, 5.41) is 2.11. The molecule has 0 radical (unpaired) electrons. The van der Waals surface area contributed by atoms with Crippen LogP contribution in [0.15, 0.2) is 24.7 Å². The first-order valence-electron chi connectivity index (χ1n) is 14.1. The van der Waals surface area contributed by atoms with Crippen LogP contribution in [0.5, 0.6) is 0 Å². The van der Waals surface area contributed by atoms with Crippen LogP contribution < -0.4 is 4.90 Å². The summed E-state index contributed by atoms with van der Waals surface area (Å²) in [5.74, 6) is 0. The van der Waals surface area contributed by atoms with E-state index in [1.165, 1.54) is 4.88 Å². The standard InChI is InChI=1S/C29H43N5O3SSi/c1-21-17-31-26(38-21)22-18-33(20-36-15-16-39(5,6)7)25-24(22)23(9-12-30-25)32-13-8-10-29(19-32)11-14-34(29)27(35)37-28(2,3)4/h9,12,17-18H,8,10-11,13-16,19-20H2,1-7H3. The molecule has 0 bridgehead atoms. The van der Waals surface area contributed by atoms with E-state index < -0.39 is 13.7 Å². The summed E-state index contributed by atoms with van der Waals surface area (Å²) < 4.78 is 14.0. The van der Waals surface area contributed by atoms with Crippen molar-refractivity contribution in [3.63, 3.8) is 0 Å². The van der Waals surface area contributed by atoms with Gasteiger partial charge in [0, 0.05) is 63.3 Å². The Morgan fingerprint density at radius 3 is 2.62 bits per heavy atom. The summed E-state index contributed by atoms with van der Waals surface area (Å²) in [4.78, 5) is 28.2. The van der Waals surface area contributed by atoms with Crippen LogP contribution in [-0.2, 0) is 16.2 Å². The maximum atomic E-state index is 13.1. The van der Waals surface area contributed by atoms with Crippen LogP contribution in [0, 0.1) is 6.92 Å². The van der Waals surface area contributed by atoms with Gasteiger partial charge >= 0.3 is 6.09 Å². The van der Waals surface area contributed by atoms with Gasteiger partial charge in [-0.25, -0.2) is 14.8 Å². The fourth-order valence-corrected chi connectivity index (χ4v) is 7.16. The topological polar surface area (TPSA) is 72.7 Å². The average molecular weight is 570 g/mol. The van der Waals surface area contributed by atoms with Crippen molar-refractivity contribution in [3.8, 4) is 10.6 Å². The van der Waals surface area contributed by atoms with E-state index in [0.717, 1.165) is 78.8 Å². The molecule has 5 rings (SSSR count). The van der Waals surface area contributed by atoms with Gasteiger partial charge in [0.15, 0.2) is 0 Å². The molecule has 212 valence electrons. The number of pyridine rings is 1. The van der Waals surface area contributed by atoms with Crippen molar-refractivity contribution in [1.29, 1.82) is 0 Å². The molecule has 2 aliphatic heterocycles. The number of fused-ring (bicyclic) bond motifs is 1. The molecule has 8 nitrogen and oxygen atoms in total. The molecule has 39 heavy (non-hydrogen) atoms. The lowest BCUT2D eigenvalue weighted by Crippen LogP contribution is -2.69. The van der Waals surface area contributed by atoms with Gasteiger partial charge in [-0.3, -0.25) is 0 Å². The van der Waals surface area contributed by atoms with Gasteiger partial charge in [0.1, 0.15) is 23.0 Å². The number of thiazole rings is 1. The Labute approximate surface area is 237 Å². The number of likely N-dealkylation sites (tertiary alicyclic amines) is 1. The van der Waals surface area contributed by atoms with E-state index in [2.05, 4.69) is 48.3 Å². The van der Waals surface area contributed by atoms with Crippen molar-refractivity contribution in [2.24, 2.45) is 0 Å². The molecule has 1 atom stereocenters. The van der Waals surface area contributed by atoms with Crippen LogP contribution in [0.4, 0.5) is 10.5 Å². The van der Waals surface area contributed by atoms with Crippen LogP contribution in [0.3, 0.4) is 0 Å². The first kappa shape index (κ1) is 28.1. The number of carbonyl (C=O) groups excluding carboxylic acids is 1. The number of piperidine rings is 1. The molecule has 1 unspecified atom stereocenters. The molecule has 2 saturated heterocycles. The summed E-state index contributed by atoms with van der Waals surface area (Å²) >= 11 is 1.71. The van der Waals surface area contributed by atoms with Crippen molar-refractivity contribution in [3.05, 3.63) is 29.5 Å². The van der Waals surface area contributed by atoms with E-state index in [0.29, 0.717) is 6.73 Å². The number of aryl methyl sites for hydroxylation is 1. The number of carbonyl (C=O) groups is 1. The zero-order valence-electron chi connectivity index (χ0n) is 24.5. The molecule has 10 heteroatoms. The van der Waals surface area contributed by atoms with Gasteiger partial charge in [-0.2, -0.15) is 0 Å². The van der Waals surface area contributed by atoms with Gasteiger partial charge in [0.2, 0.25) is 0 Å². The molecule has 3 aromatic heterocycles. The predicted molar refractivity (Wildman–Crippen MR) is 161 cm³/mol. The number of ether oxygens (including phenoxy) is 2. The molecule has 1 amide bonds. The zero-order valence-corrected chi connectivity index (χ0v) is 26.4. The molecule has 0 aromatic carbocycles. The zero-order chi connectivity index (χ0) is 28.0. The predicted octanol–water partition coefficient (Wildman–Crippen LogP) is 6.76. The Hall–Kier alpha value is -2.43. The first-order chi connectivity index (χ1) is 18.4. The van der Waals surface area contributed by atoms with Gasteiger partial charge < -0.3 is 23.8 Å². The van der Waals surface area contributed by atoms with E-state index in [1.807, 2.05) is 38.1 Å². The molecule has 2 fully saturated rings. The van der Waals surface area contributed by atoms with Gasteiger partial charge in [-0.05, 0) is 59.1 Å². The van der Waals surface area contributed by atoms with E-state index in [4.69, 9.17) is 19.4 Å². The van der Waals surface area contributed by atoms with E-state index in [9.17, 15) is 4.79 Å². The van der Waals surface area contributed by atoms with Crippen molar-refractivity contribution in [2.45, 2.75) is 90.5 Å². The van der Waals surface area contributed by atoms with Crippen LogP contribution in [0.2, 0.25) is 25.7 Å². The molecule has 0 saturated carbocycles. The molecule has 3 aromatic rings. The highest BCUT2D eigenvalue weighted by Gasteiger charge is 2.51. The summed E-state index contributed by atoms with van der Waals surface area (Å²) in [6.07, 6.45) is 8.83. The monoisotopic (exact) mass is 569 g/mol. The van der Waals surface area contributed by atoms with E-state index in [-0.39, 0.29) is 11.6 Å². The number of aromatic nitrogens is 3. The van der Waals surface area contributed by atoms with Gasteiger partial charge in [-0.15, -0.1) is 11.3 Å². The number of hydrogen-bond donors (Lipinski definition) is 0. The van der Waals surface area contributed by atoms with E-state index in [1.54, 1.807) is 11.3 Å². The lowest BCUT2D eigenvalue weighted by Gasteiger charge is -2.57. The van der Waals surface area contributed by atoms with Crippen molar-refractivity contribution in [2.75, 3.05) is 31.1 Å². The van der Waals surface area contributed by atoms with Gasteiger partial charge in [0.05, 0.1) is 16.6 Å². The number of hydrogen-bond acceptors (Lipinski definition) is 7. The fourth-order valence-electron chi connectivity index (χ4n) is 5.63. The van der Waals surface area contributed by atoms with Crippen molar-refractivity contribution in [1.82, 2.24) is 19.4 Å². The molecule has 2 aliphatic rings. The smallest absolute Gasteiger partial charge is 0.410 e. The minimum absolute atomic E-state index is 0.184. The first-order valence-corrected chi connectivity index (χ1v) is 18.6. The van der Waals surface area contributed by atoms with Crippen LogP contribution in [0.1, 0.15) is 44.9 Å². The van der Waals surface area contributed by atoms with Gasteiger partial charge in [0.25, 0.3) is 0 Å². The maximum absolute atomic E-state index is 13.1. The fraction of sp³-hybridized carbons (Fsp3) is 0.621. The second-order valence-corrected chi connectivity index (χ2v) is 20.2. The number of anilines is 1.